The molecule has 9 nitrogen and oxygen atoms in total. The van der Waals surface area contributed by atoms with Crippen LogP contribution in [-0.2, 0) is 27.3 Å². The second-order valence-corrected chi connectivity index (χ2v) is 8.40. The van der Waals surface area contributed by atoms with Gasteiger partial charge in [-0.2, -0.15) is 11.8 Å². The number of thioether (sulfide) groups is 1. The van der Waals surface area contributed by atoms with Crippen LogP contribution < -0.4 is 10.6 Å². The second-order valence-electron chi connectivity index (χ2n) is 7.41. The molecule has 0 aliphatic rings. The summed E-state index contributed by atoms with van der Waals surface area (Å²) in [5.41, 5.74) is 2.98. The number of nitrogens with one attached hydrogen (secondary N) is 2. The Hall–Kier alpha value is -3.40. The van der Waals surface area contributed by atoms with E-state index in [9.17, 15) is 14.4 Å². The van der Waals surface area contributed by atoms with Crippen LogP contribution in [0.25, 0.3) is 11.0 Å². The largest absolute Gasteiger partial charge is 0.467 e. The van der Waals surface area contributed by atoms with Crippen molar-refractivity contribution in [1.29, 1.82) is 0 Å². The quantitative estimate of drug-likeness (QED) is 0.439. The normalized spacial score (nSPS) is 11.7. The molecular formula is C23H27N5O4S. The number of fused-ring (bicyclic) bond motifs is 1. The highest BCUT2D eigenvalue weighted by atomic mass is 32.2. The van der Waals surface area contributed by atoms with Crippen molar-refractivity contribution in [3.8, 4) is 0 Å². The zero-order valence-corrected chi connectivity index (χ0v) is 19.6. The van der Waals surface area contributed by atoms with Gasteiger partial charge in [-0.1, -0.05) is 6.07 Å². The first kappa shape index (κ1) is 24.2. The van der Waals surface area contributed by atoms with Gasteiger partial charge in [-0.25, -0.2) is 9.78 Å². The summed E-state index contributed by atoms with van der Waals surface area (Å²) in [4.78, 5) is 45.7. The van der Waals surface area contributed by atoms with Gasteiger partial charge < -0.3 is 19.9 Å². The van der Waals surface area contributed by atoms with Crippen LogP contribution in [-0.4, -0.2) is 57.5 Å². The van der Waals surface area contributed by atoms with E-state index in [4.69, 9.17) is 4.74 Å². The first-order valence-electron chi connectivity index (χ1n) is 10.5. The van der Waals surface area contributed by atoms with Crippen LogP contribution in [0.2, 0.25) is 0 Å². The lowest BCUT2D eigenvalue weighted by molar-refractivity contribution is -0.142. The first-order valence-corrected chi connectivity index (χ1v) is 11.9. The molecule has 1 atom stereocenters. The highest BCUT2D eigenvalue weighted by Crippen LogP contribution is 2.26. The average molecular weight is 470 g/mol. The molecule has 2 N–H and O–H groups in total. The van der Waals surface area contributed by atoms with Gasteiger partial charge in [0.25, 0.3) is 5.91 Å². The van der Waals surface area contributed by atoms with E-state index in [1.54, 1.807) is 36.4 Å². The van der Waals surface area contributed by atoms with Crippen molar-refractivity contribution in [2.75, 3.05) is 24.4 Å². The van der Waals surface area contributed by atoms with Gasteiger partial charge in [0.1, 0.15) is 6.04 Å². The van der Waals surface area contributed by atoms with Crippen LogP contribution in [0.15, 0.2) is 42.9 Å². The van der Waals surface area contributed by atoms with E-state index in [0.29, 0.717) is 47.4 Å². The van der Waals surface area contributed by atoms with Gasteiger partial charge in [-0.15, -0.1) is 0 Å². The standard InChI is InChI=1S/C23H27N5O4S/c1-15(29)26-20-13-16(22(30)27-18(8-11-33-3)23(31)32-2)12-19-21(20)28(14-25-19)10-7-17-6-4-5-9-24-17/h4-6,9,12-14,18H,7-8,10-11H2,1-3H3,(H,26,29)(H,27,30)/t18-/m0/s1. The number of carbonyl (C=O) groups excluding carboxylic acids is 3. The third-order valence-corrected chi connectivity index (χ3v) is 5.67. The van der Waals surface area contributed by atoms with Crippen molar-refractivity contribution < 1.29 is 19.1 Å². The third kappa shape index (κ3) is 6.32. The predicted octanol–water partition coefficient (Wildman–Crippen LogP) is 2.66. The molecule has 10 heteroatoms. The van der Waals surface area contributed by atoms with Crippen LogP contribution in [0.3, 0.4) is 0 Å². The number of rotatable bonds is 10. The molecule has 0 spiro atoms. The molecule has 0 radical (unpaired) electrons. The average Bonchev–Trinajstić information content (AvgIpc) is 3.23. The van der Waals surface area contributed by atoms with Crippen LogP contribution in [0, 0.1) is 0 Å². The molecule has 0 aliphatic carbocycles. The maximum absolute atomic E-state index is 13.0. The lowest BCUT2D eigenvalue weighted by Gasteiger charge is -2.17. The van der Waals surface area contributed by atoms with E-state index in [1.807, 2.05) is 29.0 Å². The van der Waals surface area contributed by atoms with Crippen molar-refractivity contribution in [1.82, 2.24) is 19.9 Å². The topological polar surface area (TPSA) is 115 Å². The van der Waals surface area contributed by atoms with Crippen molar-refractivity contribution in [3.05, 3.63) is 54.1 Å². The van der Waals surface area contributed by atoms with E-state index in [1.165, 1.54) is 14.0 Å². The molecule has 0 unspecified atom stereocenters. The lowest BCUT2D eigenvalue weighted by atomic mass is 10.1. The van der Waals surface area contributed by atoms with Gasteiger partial charge in [0.2, 0.25) is 5.91 Å². The summed E-state index contributed by atoms with van der Waals surface area (Å²) < 4.78 is 6.74. The molecular weight excluding hydrogens is 442 g/mol. The molecule has 174 valence electrons. The molecule has 2 aromatic heterocycles. The summed E-state index contributed by atoms with van der Waals surface area (Å²) in [5.74, 6) is -0.516. The van der Waals surface area contributed by atoms with Gasteiger partial charge in [-0.05, 0) is 42.7 Å². The molecule has 2 amide bonds. The van der Waals surface area contributed by atoms with Crippen LogP contribution in [0.4, 0.5) is 5.69 Å². The van der Waals surface area contributed by atoms with Crippen LogP contribution >= 0.6 is 11.8 Å². The van der Waals surface area contributed by atoms with Crippen molar-refractivity contribution >= 4 is 46.3 Å². The molecule has 33 heavy (non-hydrogen) atoms. The molecule has 0 saturated carbocycles. The Kier molecular flexibility index (Phi) is 8.42. The number of hydrogen-bond acceptors (Lipinski definition) is 7. The summed E-state index contributed by atoms with van der Waals surface area (Å²) >= 11 is 1.57. The van der Waals surface area contributed by atoms with Crippen molar-refractivity contribution in [2.45, 2.75) is 32.4 Å². The summed E-state index contributed by atoms with van der Waals surface area (Å²) in [5, 5.41) is 5.53. The smallest absolute Gasteiger partial charge is 0.328 e. The number of hydrogen-bond donors (Lipinski definition) is 2. The Morgan fingerprint density at radius 1 is 1.21 bits per heavy atom. The highest BCUT2D eigenvalue weighted by molar-refractivity contribution is 7.98. The van der Waals surface area contributed by atoms with Crippen LogP contribution in [0.1, 0.15) is 29.4 Å². The Morgan fingerprint density at radius 2 is 2.03 bits per heavy atom. The molecule has 3 rings (SSSR count). The van der Waals surface area contributed by atoms with Gasteiger partial charge in [0, 0.05) is 37.3 Å². The molecule has 0 fully saturated rings. The van der Waals surface area contributed by atoms with Crippen LogP contribution in [0.5, 0.6) is 0 Å². The van der Waals surface area contributed by atoms with Gasteiger partial charge in [-0.3, -0.25) is 14.6 Å². The fourth-order valence-corrected chi connectivity index (χ4v) is 3.92. The monoisotopic (exact) mass is 469 g/mol. The lowest BCUT2D eigenvalue weighted by Crippen LogP contribution is -2.42. The highest BCUT2D eigenvalue weighted by Gasteiger charge is 2.23. The summed E-state index contributed by atoms with van der Waals surface area (Å²) in [7, 11) is 1.29. The maximum Gasteiger partial charge on any atom is 0.328 e. The first-order chi connectivity index (χ1) is 15.9. The molecule has 2 heterocycles. The van der Waals surface area contributed by atoms with Crippen molar-refractivity contribution in [3.63, 3.8) is 0 Å². The number of amides is 2. The van der Waals surface area contributed by atoms with Gasteiger partial charge in [0.15, 0.2) is 0 Å². The predicted molar refractivity (Wildman–Crippen MR) is 128 cm³/mol. The molecule has 0 aliphatic heterocycles. The fourth-order valence-electron chi connectivity index (χ4n) is 3.44. The SMILES string of the molecule is COC(=O)[C@H](CCSC)NC(=O)c1cc(NC(C)=O)c2c(c1)ncn2CCc1ccccn1. The van der Waals surface area contributed by atoms with E-state index in [2.05, 4.69) is 20.6 Å². The number of nitrogens with zero attached hydrogens (tertiary/aromatic N) is 3. The number of aryl methyl sites for hydroxylation is 2. The number of aromatic nitrogens is 3. The number of carbonyl (C=O) groups is 3. The number of esters is 1. The summed E-state index contributed by atoms with van der Waals surface area (Å²) in [6.07, 6.45) is 6.48. The van der Waals surface area contributed by atoms with Gasteiger partial charge >= 0.3 is 5.97 Å². The zero-order valence-electron chi connectivity index (χ0n) is 18.8. The summed E-state index contributed by atoms with van der Waals surface area (Å²) in [6, 6.07) is 8.24. The Morgan fingerprint density at radius 3 is 2.70 bits per heavy atom. The number of imidazole rings is 1. The van der Waals surface area contributed by atoms with E-state index in [-0.39, 0.29) is 5.91 Å². The third-order valence-electron chi connectivity index (χ3n) is 5.02. The molecule has 1 aromatic carbocycles. The Balaban J connectivity index is 1.89. The zero-order chi connectivity index (χ0) is 23.8. The molecule has 0 bridgehead atoms. The Bertz CT molecular complexity index is 1130. The fraction of sp³-hybridized carbons (Fsp3) is 0.348. The summed E-state index contributed by atoms with van der Waals surface area (Å²) in [6.45, 7) is 2.01. The number of anilines is 1. The number of benzene rings is 1. The minimum absolute atomic E-state index is 0.265. The van der Waals surface area contributed by atoms with Gasteiger partial charge in [0.05, 0.1) is 30.2 Å². The molecule has 0 saturated heterocycles. The number of ether oxygens (including phenoxy) is 1. The minimum Gasteiger partial charge on any atom is -0.467 e. The van der Waals surface area contributed by atoms with E-state index < -0.39 is 17.9 Å². The molecule has 3 aromatic rings. The number of methoxy groups -OCH3 is 1. The number of pyridine rings is 1. The maximum atomic E-state index is 13.0. The van der Waals surface area contributed by atoms with E-state index >= 15 is 0 Å². The van der Waals surface area contributed by atoms with Crippen molar-refractivity contribution in [2.24, 2.45) is 0 Å². The minimum atomic E-state index is -0.759. The van der Waals surface area contributed by atoms with E-state index in [0.717, 1.165) is 5.69 Å². The second kappa shape index (κ2) is 11.5. The Labute approximate surface area is 196 Å².